The van der Waals surface area contributed by atoms with E-state index in [2.05, 4.69) is 15.3 Å². The smallest absolute Gasteiger partial charge is 0.263 e. The highest BCUT2D eigenvalue weighted by Crippen LogP contribution is 2.24. The van der Waals surface area contributed by atoms with Crippen LogP contribution in [0.1, 0.15) is 17.7 Å². The fraction of sp³-hybridized carbons (Fsp3) is 0.133. The molecule has 0 saturated carbocycles. The van der Waals surface area contributed by atoms with Gasteiger partial charge in [-0.3, -0.25) is 0 Å². The number of halogens is 4. The highest BCUT2D eigenvalue weighted by atomic mass is 35.5. The van der Waals surface area contributed by atoms with E-state index in [4.69, 9.17) is 27.9 Å². The van der Waals surface area contributed by atoms with E-state index >= 15 is 0 Å². The first-order valence-electron chi connectivity index (χ1n) is 6.77. The fourth-order valence-electron chi connectivity index (χ4n) is 1.99. The number of nitrogens with zero attached hydrogens (tertiary/aromatic N) is 4. The van der Waals surface area contributed by atoms with Crippen LogP contribution >= 0.6 is 23.2 Å². The summed E-state index contributed by atoms with van der Waals surface area (Å²) in [7, 11) is 0. The molecule has 0 spiro atoms. The molecule has 0 aliphatic carbocycles. The zero-order chi connectivity index (χ0) is 17.1. The van der Waals surface area contributed by atoms with Gasteiger partial charge in [0.2, 0.25) is 5.88 Å². The van der Waals surface area contributed by atoms with Crippen LogP contribution in [0.15, 0.2) is 42.6 Å². The van der Waals surface area contributed by atoms with Gasteiger partial charge in [-0.05, 0) is 18.2 Å². The van der Waals surface area contributed by atoms with Gasteiger partial charge in [-0.15, -0.1) is 10.2 Å². The summed E-state index contributed by atoms with van der Waals surface area (Å²) in [4.78, 5) is 0. The molecule has 3 rings (SSSR count). The molecule has 0 atom stereocenters. The van der Waals surface area contributed by atoms with Gasteiger partial charge >= 0.3 is 0 Å². The van der Waals surface area contributed by atoms with Gasteiger partial charge in [-0.1, -0.05) is 35.3 Å². The van der Waals surface area contributed by atoms with Crippen molar-refractivity contribution in [3.05, 3.63) is 64.0 Å². The van der Waals surface area contributed by atoms with E-state index in [9.17, 15) is 8.78 Å². The van der Waals surface area contributed by atoms with Crippen molar-refractivity contribution >= 4 is 23.2 Å². The Morgan fingerprint density at radius 3 is 2.42 bits per heavy atom. The molecule has 3 aromatic rings. The number of hydrogen-bond donors (Lipinski definition) is 0. The molecule has 0 N–H and O–H groups in total. The van der Waals surface area contributed by atoms with Crippen molar-refractivity contribution in [1.82, 2.24) is 20.0 Å². The molecule has 0 radical (unpaired) electrons. The minimum atomic E-state index is -2.52. The maximum Gasteiger partial charge on any atom is 0.263 e. The van der Waals surface area contributed by atoms with Crippen LogP contribution in [0.25, 0.3) is 5.69 Å². The number of benzene rings is 1. The molecule has 1 aromatic carbocycles. The third kappa shape index (κ3) is 3.63. The van der Waals surface area contributed by atoms with Gasteiger partial charge in [0.25, 0.3) is 6.43 Å². The molecule has 9 heteroatoms. The summed E-state index contributed by atoms with van der Waals surface area (Å²) in [5.41, 5.74) is 1.08. The Labute approximate surface area is 145 Å². The minimum Gasteiger partial charge on any atom is -0.470 e. The van der Waals surface area contributed by atoms with E-state index in [0.29, 0.717) is 16.4 Å². The predicted octanol–water partition coefficient (Wildman–Crippen LogP) is 4.49. The summed E-state index contributed by atoms with van der Waals surface area (Å²) < 4.78 is 32.3. The van der Waals surface area contributed by atoms with Crippen LogP contribution in [0, 0.1) is 0 Å². The molecule has 124 valence electrons. The monoisotopic (exact) mass is 370 g/mol. The number of alkyl halides is 2. The number of ether oxygens (including phenoxy) is 1. The van der Waals surface area contributed by atoms with Crippen LogP contribution in [0.2, 0.25) is 10.2 Å². The first kappa shape index (κ1) is 16.6. The Hall–Kier alpha value is -2.25. The van der Waals surface area contributed by atoms with E-state index in [1.54, 1.807) is 12.1 Å². The summed E-state index contributed by atoms with van der Waals surface area (Å²) in [5, 5.41) is 12.2. The van der Waals surface area contributed by atoms with Crippen LogP contribution in [0.5, 0.6) is 5.88 Å². The van der Waals surface area contributed by atoms with Gasteiger partial charge in [0.1, 0.15) is 12.3 Å². The molecule has 0 amide bonds. The molecule has 2 aromatic heterocycles. The predicted molar refractivity (Wildman–Crippen MR) is 84.9 cm³/mol. The molecule has 0 aliphatic heterocycles. The highest BCUT2D eigenvalue weighted by molar-refractivity contribution is 6.31. The molecular formula is C15H10Cl2F2N4O. The third-order valence-corrected chi connectivity index (χ3v) is 3.69. The topological polar surface area (TPSA) is 52.8 Å². The Kier molecular flexibility index (Phi) is 4.92. The molecule has 5 nitrogen and oxygen atoms in total. The molecule has 24 heavy (non-hydrogen) atoms. The molecule has 0 unspecified atom stereocenters. The van der Waals surface area contributed by atoms with E-state index in [1.165, 1.54) is 35.1 Å². The Morgan fingerprint density at radius 2 is 1.79 bits per heavy atom. The van der Waals surface area contributed by atoms with Crippen LogP contribution in [0.4, 0.5) is 8.78 Å². The van der Waals surface area contributed by atoms with Gasteiger partial charge in [-0.25, -0.2) is 13.5 Å². The van der Waals surface area contributed by atoms with E-state index in [0.717, 1.165) is 0 Å². The Morgan fingerprint density at radius 1 is 1.04 bits per heavy atom. The summed E-state index contributed by atoms with van der Waals surface area (Å²) in [6.45, 7) is 0.0751. The van der Waals surface area contributed by atoms with Crippen LogP contribution < -0.4 is 4.74 Å². The lowest BCUT2D eigenvalue weighted by Gasteiger charge is -2.10. The van der Waals surface area contributed by atoms with E-state index < -0.39 is 6.43 Å². The number of rotatable bonds is 5. The van der Waals surface area contributed by atoms with Crippen molar-refractivity contribution in [1.29, 1.82) is 0 Å². The van der Waals surface area contributed by atoms with Crippen LogP contribution in [0.3, 0.4) is 0 Å². The third-order valence-electron chi connectivity index (χ3n) is 3.17. The van der Waals surface area contributed by atoms with E-state index in [1.807, 2.05) is 0 Å². The fourth-order valence-corrected chi connectivity index (χ4v) is 2.27. The lowest BCUT2D eigenvalue weighted by atomic mass is 10.2. The number of hydrogen-bond acceptors (Lipinski definition) is 4. The molecular weight excluding hydrogens is 361 g/mol. The molecule has 0 saturated heterocycles. The zero-order valence-electron chi connectivity index (χ0n) is 12.0. The summed E-state index contributed by atoms with van der Waals surface area (Å²) in [5.74, 6) is 0.274. The largest absolute Gasteiger partial charge is 0.470 e. The maximum atomic E-state index is 12.6. The summed E-state index contributed by atoms with van der Waals surface area (Å²) in [6, 6.07) is 8.87. The van der Waals surface area contributed by atoms with Crippen molar-refractivity contribution in [2.45, 2.75) is 13.0 Å². The van der Waals surface area contributed by atoms with Crippen molar-refractivity contribution in [2.75, 3.05) is 0 Å². The van der Waals surface area contributed by atoms with Gasteiger partial charge in [0, 0.05) is 11.6 Å². The standard InChI is InChI=1S/C15H10Cl2F2N4O/c16-11-7-20-23(10-3-1-9(2-4-10)15(18)19)12(11)8-24-14-6-5-13(17)21-22-14/h1-7,15H,8H2. The molecule has 0 bridgehead atoms. The normalized spacial score (nSPS) is 11.0. The second-order valence-corrected chi connectivity index (χ2v) is 5.52. The average Bonchev–Trinajstić information content (AvgIpc) is 2.95. The Bertz CT molecular complexity index is 822. The minimum absolute atomic E-state index is 0.0637. The average molecular weight is 371 g/mol. The zero-order valence-corrected chi connectivity index (χ0v) is 13.5. The van der Waals surface area contributed by atoms with E-state index in [-0.39, 0.29) is 23.2 Å². The van der Waals surface area contributed by atoms with Gasteiger partial charge in [0.05, 0.1) is 16.9 Å². The van der Waals surface area contributed by atoms with Crippen molar-refractivity contribution in [3.8, 4) is 11.6 Å². The second kappa shape index (κ2) is 7.11. The second-order valence-electron chi connectivity index (χ2n) is 4.73. The van der Waals surface area contributed by atoms with Crippen LogP contribution in [-0.4, -0.2) is 20.0 Å². The van der Waals surface area contributed by atoms with Gasteiger partial charge in [0.15, 0.2) is 5.15 Å². The lowest BCUT2D eigenvalue weighted by molar-refractivity contribution is 0.151. The first-order valence-corrected chi connectivity index (χ1v) is 7.53. The first-order chi connectivity index (χ1) is 11.5. The SMILES string of the molecule is FC(F)c1ccc(-n2ncc(Cl)c2COc2ccc(Cl)nn2)cc1. The quantitative estimate of drug-likeness (QED) is 0.663. The summed E-state index contributed by atoms with van der Waals surface area (Å²) in [6.07, 6.45) is -1.07. The molecule has 2 heterocycles. The van der Waals surface area contributed by atoms with Gasteiger partial charge < -0.3 is 4.74 Å². The highest BCUT2D eigenvalue weighted by Gasteiger charge is 2.13. The molecule has 0 aliphatic rings. The Balaban J connectivity index is 1.81. The van der Waals surface area contributed by atoms with Gasteiger partial charge in [-0.2, -0.15) is 5.10 Å². The van der Waals surface area contributed by atoms with Crippen molar-refractivity contribution in [3.63, 3.8) is 0 Å². The summed E-state index contributed by atoms with van der Waals surface area (Å²) >= 11 is 11.8. The van der Waals surface area contributed by atoms with Crippen LogP contribution in [-0.2, 0) is 6.61 Å². The maximum absolute atomic E-state index is 12.6. The number of aromatic nitrogens is 4. The molecule has 0 fully saturated rings. The van der Waals surface area contributed by atoms with Crippen molar-refractivity contribution < 1.29 is 13.5 Å². The lowest BCUT2D eigenvalue weighted by Crippen LogP contribution is -2.07. The van der Waals surface area contributed by atoms with Crippen molar-refractivity contribution in [2.24, 2.45) is 0 Å².